The zero-order valence-corrected chi connectivity index (χ0v) is 24.0. The molecular weight excluding hydrogens is 492 g/mol. The number of rotatable bonds is 8. The van der Waals surface area contributed by atoms with E-state index in [-0.39, 0.29) is 5.91 Å². The largest absolute Gasteiger partial charge is 0.382 e. The second-order valence-electron chi connectivity index (χ2n) is 10.7. The van der Waals surface area contributed by atoms with Gasteiger partial charge in [-0.3, -0.25) is 4.79 Å². The van der Waals surface area contributed by atoms with Crippen molar-refractivity contribution in [2.75, 3.05) is 23.7 Å². The summed E-state index contributed by atoms with van der Waals surface area (Å²) in [7, 11) is 2.23. The number of halogens is 1. The second kappa shape index (κ2) is 11.7. The molecular formula is C32H39FN3OP. The summed E-state index contributed by atoms with van der Waals surface area (Å²) in [4.78, 5) is 15.4. The van der Waals surface area contributed by atoms with Crippen molar-refractivity contribution >= 4 is 37.8 Å². The molecule has 6 heteroatoms. The van der Waals surface area contributed by atoms with E-state index in [2.05, 4.69) is 64.6 Å². The summed E-state index contributed by atoms with van der Waals surface area (Å²) >= 11 is 0. The monoisotopic (exact) mass is 531 g/mol. The van der Waals surface area contributed by atoms with Gasteiger partial charge in [0, 0.05) is 47.3 Å². The maximum absolute atomic E-state index is 14.4. The second-order valence-corrected chi connectivity index (χ2v) is 11.8. The Morgan fingerprint density at radius 1 is 1.08 bits per heavy atom. The van der Waals surface area contributed by atoms with Crippen molar-refractivity contribution in [1.29, 1.82) is 0 Å². The number of hydrogen-bond donors (Lipinski definition) is 2. The van der Waals surface area contributed by atoms with Crippen LogP contribution in [0.1, 0.15) is 60.7 Å². The molecule has 3 atom stereocenters. The lowest BCUT2D eigenvalue weighted by atomic mass is 9.89. The lowest BCUT2D eigenvalue weighted by Crippen LogP contribution is -2.42. The minimum Gasteiger partial charge on any atom is -0.382 e. The molecule has 0 aliphatic carbocycles. The number of hydrogen-bond acceptors (Lipinski definition) is 3. The van der Waals surface area contributed by atoms with Crippen molar-refractivity contribution < 1.29 is 9.18 Å². The molecule has 38 heavy (non-hydrogen) atoms. The summed E-state index contributed by atoms with van der Waals surface area (Å²) in [5.41, 5.74) is 7.01. The van der Waals surface area contributed by atoms with Crippen molar-refractivity contribution in [1.82, 2.24) is 4.90 Å². The molecule has 1 fully saturated rings. The molecule has 0 spiro atoms. The van der Waals surface area contributed by atoms with Gasteiger partial charge in [0.1, 0.15) is 5.41 Å². The number of para-hydroxylation sites is 1. The van der Waals surface area contributed by atoms with Gasteiger partial charge in [-0.2, -0.15) is 0 Å². The van der Waals surface area contributed by atoms with E-state index >= 15 is 0 Å². The number of nitrogens with one attached hydrogen (secondary N) is 2. The van der Waals surface area contributed by atoms with Crippen molar-refractivity contribution in [3.63, 3.8) is 0 Å². The first-order valence-electron chi connectivity index (χ1n) is 13.3. The smallest absolute Gasteiger partial charge is 0.253 e. The van der Waals surface area contributed by atoms with Crippen LogP contribution in [0.2, 0.25) is 0 Å². The average molecular weight is 532 g/mol. The van der Waals surface area contributed by atoms with Crippen LogP contribution in [0.3, 0.4) is 0 Å². The Balaban J connectivity index is 1.42. The first-order valence-corrected chi connectivity index (χ1v) is 13.9. The Morgan fingerprint density at radius 2 is 1.79 bits per heavy atom. The molecule has 0 aromatic heterocycles. The number of carbonyl (C=O) groups is 1. The lowest BCUT2D eigenvalue weighted by molar-refractivity contribution is 0.0684. The minimum atomic E-state index is -1.51. The van der Waals surface area contributed by atoms with Gasteiger partial charge in [-0.05, 0) is 99.6 Å². The van der Waals surface area contributed by atoms with Crippen LogP contribution in [0.5, 0.6) is 0 Å². The van der Waals surface area contributed by atoms with E-state index in [1.807, 2.05) is 42.2 Å². The third-order valence-electron chi connectivity index (χ3n) is 7.49. The molecule has 3 unspecified atom stereocenters. The van der Waals surface area contributed by atoms with Gasteiger partial charge in [0.05, 0.1) is 0 Å². The number of aryl methyl sites for hydroxylation is 1. The summed E-state index contributed by atoms with van der Waals surface area (Å²) in [6, 6.07) is 21.7. The molecule has 3 aromatic rings. The summed E-state index contributed by atoms with van der Waals surface area (Å²) in [6.45, 7) is 13.4. The third-order valence-corrected chi connectivity index (χ3v) is 7.83. The number of allylic oxidation sites excluding steroid dienone is 1. The number of amides is 1. The van der Waals surface area contributed by atoms with Crippen LogP contribution in [0.4, 0.5) is 21.5 Å². The predicted molar refractivity (Wildman–Crippen MR) is 162 cm³/mol. The van der Waals surface area contributed by atoms with E-state index in [0.717, 1.165) is 48.4 Å². The van der Waals surface area contributed by atoms with Crippen molar-refractivity contribution in [3.8, 4) is 0 Å². The molecule has 0 radical (unpaired) electrons. The molecule has 200 valence electrons. The zero-order valence-electron chi connectivity index (χ0n) is 22.9. The minimum absolute atomic E-state index is 0.0511. The van der Waals surface area contributed by atoms with Gasteiger partial charge in [0.15, 0.2) is 0 Å². The van der Waals surface area contributed by atoms with Gasteiger partial charge in [-0.25, -0.2) is 4.39 Å². The van der Waals surface area contributed by atoms with Gasteiger partial charge in [0.25, 0.3) is 5.91 Å². The Hall–Kier alpha value is -3.17. The Morgan fingerprint density at radius 3 is 2.45 bits per heavy atom. The Labute approximate surface area is 228 Å². The molecule has 1 saturated heterocycles. The number of alkyl halides is 1. The number of piperidine rings is 1. The van der Waals surface area contributed by atoms with Gasteiger partial charge in [0.2, 0.25) is 0 Å². The molecule has 1 heterocycles. The number of anilines is 3. The molecule has 1 aliphatic rings. The van der Waals surface area contributed by atoms with Crippen LogP contribution in [0.15, 0.2) is 73.3 Å². The van der Waals surface area contributed by atoms with E-state index in [9.17, 15) is 9.18 Å². The van der Waals surface area contributed by atoms with Crippen LogP contribution in [-0.4, -0.2) is 29.9 Å². The van der Waals surface area contributed by atoms with Crippen molar-refractivity contribution in [2.45, 2.75) is 52.0 Å². The van der Waals surface area contributed by atoms with E-state index in [1.54, 1.807) is 12.1 Å². The molecule has 4 nitrogen and oxygen atoms in total. The first-order chi connectivity index (χ1) is 18.0. The van der Waals surface area contributed by atoms with Gasteiger partial charge in [-0.15, -0.1) is 0 Å². The molecule has 1 aliphatic heterocycles. The summed E-state index contributed by atoms with van der Waals surface area (Å²) in [5.74, 6) is 0.565. The number of carbonyl (C=O) groups excluding carboxylic acids is 1. The normalized spacial score (nSPS) is 16.4. The fraction of sp³-hybridized carbons (Fsp3) is 0.344. The molecule has 0 bridgehead atoms. The first kappa shape index (κ1) is 27.9. The molecule has 2 N–H and O–H groups in total. The van der Waals surface area contributed by atoms with Crippen LogP contribution in [0.25, 0.3) is 5.57 Å². The highest BCUT2D eigenvalue weighted by Gasteiger charge is 2.27. The molecule has 1 amide bonds. The fourth-order valence-corrected chi connectivity index (χ4v) is 5.26. The molecule has 0 saturated carbocycles. The van der Waals surface area contributed by atoms with Crippen molar-refractivity contribution in [2.24, 2.45) is 5.92 Å². The molecule has 3 aromatic carbocycles. The van der Waals surface area contributed by atoms with Gasteiger partial charge in [-0.1, -0.05) is 46.2 Å². The van der Waals surface area contributed by atoms with Crippen LogP contribution < -0.4 is 10.6 Å². The van der Waals surface area contributed by atoms with E-state index in [0.29, 0.717) is 23.1 Å². The maximum Gasteiger partial charge on any atom is 0.253 e. The third kappa shape index (κ3) is 6.63. The summed E-state index contributed by atoms with van der Waals surface area (Å²) < 4.78 is 14.4. The van der Waals surface area contributed by atoms with Crippen LogP contribution >= 0.6 is 9.24 Å². The van der Waals surface area contributed by atoms with Crippen molar-refractivity contribution in [3.05, 3.63) is 95.6 Å². The lowest BCUT2D eigenvalue weighted by Gasteiger charge is -2.35. The SMILES string of the molecule is C=C(C)c1cc(C(=O)N2CCC(C(C)Nc3ccccc3C)CC2)ccc1Nc1cccc(C(C)(F)P)c1. The number of nitrogens with zero attached hydrogens (tertiary/aromatic N) is 1. The predicted octanol–water partition coefficient (Wildman–Crippen LogP) is 8.14. The number of benzene rings is 3. The highest BCUT2D eigenvalue weighted by Crippen LogP contribution is 2.35. The molecule has 4 rings (SSSR count). The van der Waals surface area contributed by atoms with Gasteiger partial charge >= 0.3 is 0 Å². The maximum atomic E-state index is 14.4. The van der Waals surface area contributed by atoms with E-state index in [1.165, 1.54) is 18.2 Å². The summed E-state index contributed by atoms with van der Waals surface area (Å²) in [5, 5.41) is 5.55. The average Bonchev–Trinajstić information content (AvgIpc) is 2.89. The standard InChI is InChI=1S/C32H39FN3OP/c1-21(2)28-19-25(13-14-30(28)35-27-11-8-10-26(20-27)32(5,33)38)31(37)36-17-15-24(16-18-36)23(4)34-29-12-7-6-9-22(29)3/h6-14,19-20,23-24,34-35H,1,15-18,38H2,2-5H3. The Bertz CT molecular complexity index is 1310. The van der Waals surface area contributed by atoms with E-state index in [4.69, 9.17) is 0 Å². The topological polar surface area (TPSA) is 44.4 Å². The quantitative estimate of drug-likeness (QED) is 0.288. The van der Waals surface area contributed by atoms with Crippen LogP contribution in [-0.2, 0) is 5.41 Å². The fourth-order valence-electron chi connectivity index (χ4n) is 5.08. The zero-order chi connectivity index (χ0) is 27.4. The van der Waals surface area contributed by atoms with Crippen LogP contribution in [0, 0.1) is 12.8 Å². The summed E-state index contributed by atoms with van der Waals surface area (Å²) in [6.07, 6.45) is 1.94. The van der Waals surface area contributed by atoms with Gasteiger partial charge < -0.3 is 15.5 Å². The number of likely N-dealkylation sites (tertiary alicyclic amines) is 1. The highest BCUT2D eigenvalue weighted by molar-refractivity contribution is 7.18. The van der Waals surface area contributed by atoms with E-state index < -0.39 is 5.41 Å². The highest BCUT2D eigenvalue weighted by atomic mass is 31.0. The Kier molecular flexibility index (Phi) is 8.57.